The zero-order valence-electron chi connectivity index (χ0n) is 7.85. The monoisotopic (exact) mass is 274 g/mol. The molecule has 0 saturated heterocycles. The van der Waals surface area contributed by atoms with Gasteiger partial charge in [-0.2, -0.15) is 0 Å². The first-order valence-corrected chi connectivity index (χ1v) is 5.29. The highest BCUT2D eigenvalue weighted by Gasteiger charge is 2.11. The van der Waals surface area contributed by atoms with Gasteiger partial charge in [0.25, 0.3) is 0 Å². The Labute approximate surface area is 97.2 Å². The van der Waals surface area contributed by atoms with Crippen LogP contribution in [0.25, 0.3) is 0 Å². The number of benzene rings is 1. The Morgan fingerprint density at radius 1 is 1.57 bits per heavy atom. The van der Waals surface area contributed by atoms with Crippen LogP contribution < -0.4 is 11.3 Å². The fourth-order valence-electron chi connectivity index (χ4n) is 1.26. The third kappa shape index (κ3) is 2.82. The second kappa shape index (κ2) is 4.94. The zero-order valence-corrected chi connectivity index (χ0v) is 10.2. The van der Waals surface area contributed by atoms with Crippen LogP contribution in [0, 0.1) is 0 Å². The van der Waals surface area contributed by atoms with E-state index in [1.165, 1.54) is 0 Å². The number of halogens is 2. The molecule has 0 aliphatic rings. The van der Waals surface area contributed by atoms with E-state index in [0.717, 1.165) is 15.6 Å². The molecule has 1 aromatic carbocycles. The molecule has 0 aromatic heterocycles. The van der Waals surface area contributed by atoms with Crippen molar-refractivity contribution in [2.24, 2.45) is 5.84 Å². The molecule has 76 valence electrons. The number of hydrogen-bond acceptors (Lipinski definition) is 2. The van der Waals surface area contributed by atoms with E-state index in [1.807, 2.05) is 25.1 Å². The van der Waals surface area contributed by atoms with Crippen LogP contribution in [-0.4, -0.2) is 0 Å². The Kier molecular flexibility index (Phi) is 4.13. The Morgan fingerprint density at radius 2 is 2.21 bits per heavy atom. The summed E-state index contributed by atoms with van der Waals surface area (Å²) in [6.07, 6.45) is 0. The van der Waals surface area contributed by atoms with E-state index in [9.17, 15) is 0 Å². The third-order valence-electron chi connectivity index (χ3n) is 1.88. The predicted molar refractivity (Wildman–Crippen MR) is 64.0 cm³/mol. The topological polar surface area (TPSA) is 38.0 Å². The minimum atomic E-state index is -0.0648. The number of hydrazine groups is 1. The van der Waals surface area contributed by atoms with Crippen molar-refractivity contribution in [3.8, 4) is 0 Å². The highest BCUT2D eigenvalue weighted by molar-refractivity contribution is 9.10. The van der Waals surface area contributed by atoms with Crippen LogP contribution in [0.4, 0.5) is 0 Å². The molecule has 0 heterocycles. The predicted octanol–water partition coefficient (Wildman–Crippen LogP) is 3.18. The van der Waals surface area contributed by atoms with Gasteiger partial charge in [-0.05, 0) is 30.7 Å². The van der Waals surface area contributed by atoms with Gasteiger partial charge in [-0.1, -0.05) is 39.7 Å². The first kappa shape index (κ1) is 11.7. The lowest BCUT2D eigenvalue weighted by atomic mass is 10.0. The summed E-state index contributed by atoms with van der Waals surface area (Å²) < 4.78 is 0.932. The number of hydrogen-bond donors (Lipinski definition) is 2. The van der Waals surface area contributed by atoms with Crippen LogP contribution in [0.1, 0.15) is 18.5 Å². The van der Waals surface area contributed by atoms with Gasteiger partial charge in [0.1, 0.15) is 0 Å². The van der Waals surface area contributed by atoms with Crippen molar-refractivity contribution in [1.82, 2.24) is 5.43 Å². The first-order chi connectivity index (χ1) is 6.54. The normalized spacial score (nSPS) is 12.6. The lowest BCUT2D eigenvalue weighted by molar-refractivity contribution is 0.627. The molecule has 2 nitrogen and oxygen atoms in total. The maximum absolute atomic E-state index is 5.93. The van der Waals surface area contributed by atoms with E-state index in [1.54, 1.807) is 0 Å². The van der Waals surface area contributed by atoms with Gasteiger partial charge in [-0.25, -0.2) is 5.43 Å². The maximum Gasteiger partial charge on any atom is 0.0665 e. The average molecular weight is 276 g/mol. The summed E-state index contributed by atoms with van der Waals surface area (Å²) in [7, 11) is 0. The van der Waals surface area contributed by atoms with E-state index in [2.05, 4.69) is 27.9 Å². The van der Waals surface area contributed by atoms with Crippen molar-refractivity contribution in [3.63, 3.8) is 0 Å². The standard InChI is InChI=1S/C10H12BrClN2/c1-6(2)10(14-13)7-3-8(11)5-9(12)4-7/h3-5,10,14H,1,13H2,2H3. The summed E-state index contributed by atoms with van der Waals surface area (Å²) >= 11 is 9.30. The zero-order chi connectivity index (χ0) is 10.7. The summed E-state index contributed by atoms with van der Waals surface area (Å²) in [5, 5.41) is 0.677. The molecule has 0 aliphatic heterocycles. The van der Waals surface area contributed by atoms with Crippen LogP contribution >= 0.6 is 27.5 Å². The summed E-state index contributed by atoms with van der Waals surface area (Å²) in [5.41, 5.74) is 4.64. The summed E-state index contributed by atoms with van der Waals surface area (Å²) in [6, 6.07) is 5.60. The van der Waals surface area contributed by atoms with E-state index >= 15 is 0 Å². The minimum Gasteiger partial charge on any atom is -0.271 e. The fourth-order valence-corrected chi connectivity index (χ4v) is 2.15. The molecule has 4 heteroatoms. The number of nitrogens with two attached hydrogens (primary N) is 1. The van der Waals surface area contributed by atoms with Gasteiger partial charge >= 0.3 is 0 Å². The molecule has 1 unspecified atom stereocenters. The molecule has 1 atom stereocenters. The van der Waals surface area contributed by atoms with Crippen molar-refractivity contribution in [2.45, 2.75) is 13.0 Å². The molecule has 0 amide bonds. The van der Waals surface area contributed by atoms with Crippen molar-refractivity contribution in [1.29, 1.82) is 0 Å². The van der Waals surface area contributed by atoms with Gasteiger partial charge in [0.05, 0.1) is 6.04 Å². The van der Waals surface area contributed by atoms with Gasteiger partial charge in [-0.15, -0.1) is 0 Å². The molecule has 0 radical (unpaired) electrons. The lowest BCUT2D eigenvalue weighted by Gasteiger charge is -2.16. The Morgan fingerprint density at radius 3 is 2.64 bits per heavy atom. The number of nitrogens with one attached hydrogen (secondary N) is 1. The highest BCUT2D eigenvalue weighted by Crippen LogP contribution is 2.26. The van der Waals surface area contributed by atoms with E-state index < -0.39 is 0 Å². The van der Waals surface area contributed by atoms with Gasteiger partial charge in [0.15, 0.2) is 0 Å². The molecule has 1 aromatic rings. The lowest BCUT2D eigenvalue weighted by Crippen LogP contribution is -2.28. The SMILES string of the molecule is C=C(C)C(NN)c1cc(Cl)cc(Br)c1. The Bertz CT molecular complexity index is 332. The Balaban J connectivity index is 3.10. The Hall–Kier alpha value is -0.350. The maximum atomic E-state index is 5.93. The molecule has 0 saturated carbocycles. The molecule has 1 rings (SSSR count). The largest absolute Gasteiger partial charge is 0.271 e. The van der Waals surface area contributed by atoms with Crippen molar-refractivity contribution >= 4 is 27.5 Å². The smallest absolute Gasteiger partial charge is 0.0665 e. The van der Waals surface area contributed by atoms with Crippen LogP contribution in [0.15, 0.2) is 34.8 Å². The van der Waals surface area contributed by atoms with Crippen LogP contribution in [0.2, 0.25) is 5.02 Å². The highest BCUT2D eigenvalue weighted by atomic mass is 79.9. The van der Waals surface area contributed by atoms with Crippen LogP contribution in [0.3, 0.4) is 0 Å². The summed E-state index contributed by atoms with van der Waals surface area (Å²) in [4.78, 5) is 0. The van der Waals surface area contributed by atoms with Gasteiger partial charge in [-0.3, -0.25) is 5.84 Å². The van der Waals surface area contributed by atoms with E-state index in [0.29, 0.717) is 5.02 Å². The molecule has 3 N–H and O–H groups in total. The van der Waals surface area contributed by atoms with Crippen molar-refractivity contribution in [3.05, 3.63) is 45.4 Å². The number of rotatable bonds is 3. The van der Waals surface area contributed by atoms with Gasteiger partial charge < -0.3 is 0 Å². The second-order valence-electron chi connectivity index (χ2n) is 3.15. The summed E-state index contributed by atoms with van der Waals surface area (Å²) in [6.45, 7) is 5.78. The molecule has 0 spiro atoms. The third-order valence-corrected chi connectivity index (χ3v) is 2.55. The van der Waals surface area contributed by atoms with Gasteiger partial charge in [0, 0.05) is 9.50 Å². The quantitative estimate of drug-likeness (QED) is 0.505. The molecule has 0 bridgehead atoms. The second-order valence-corrected chi connectivity index (χ2v) is 4.50. The van der Waals surface area contributed by atoms with Gasteiger partial charge in [0.2, 0.25) is 0 Å². The first-order valence-electron chi connectivity index (χ1n) is 4.12. The van der Waals surface area contributed by atoms with Crippen LogP contribution in [-0.2, 0) is 0 Å². The van der Waals surface area contributed by atoms with Crippen molar-refractivity contribution in [2.75, 3.05) is 0 Å². The van der Waals surface area contributed by atoms with Crippen molar-refractivity contribution < 1.29 is 0 Å². The van der Waals surface area contributed by atoms with Crippen LogP contribution in [0.5, 0.6) is 0 Å². The fraction of sp³-hybridized carbons (Fsp3) is 0.200. The molecular weight excluding hydrogens is 263 g/mol. The van der Waals surface area contributed by atoms with E-state index in [4.69, 9.17) is 17.4 Å². The molecular formula is C10H12BrClN2. The molecule has 0 fully saturated rings. The molecule has 0 aliphatic carbocycles. The minimum absolute atomic E-state index is 0.0648. The van der Waals surface area contributed by atoms with E-state index in [-0.39, 0.29) is 6.04 Å². The molecule has 14 heavy (non-hydrogen) atoms. The summed E-state index contributed by atoms with van der Waals surface area (Å²) in [5.74, 6) is 5.44. The average Bonchev–Trinajstić information content (AvgIpc) is 2.02.